The first-order valence-electron chi connectivity index (χ1n) is 12.2. The van der Waals surface area contributed by atoms with Gasteiger partial charge in [0.25, 0.3) is 5.91 Å². The SMILES string of the molecule is C=CNc1cnc(N(C)CCN(C)C)nc1C(N)=Nc1cc(C(=O)NC(=N)/C=C(\OC)C(C)(C)C)ccc1F. The maximum atomic E-state index is 14.7. The van der Waals surface area contributed by atoms with Crippen molar-refractivity contribution in [1.82, 2.24) is 20.2 Å². The molecule has 0 spiro atoms. The number of nitrogens with zero attached hydrogens (tertiary/aromatic N) is 5. The number of rotatable bonds is 11. The van der Waals surface area contributed by atoms with E-state index in [-0.39, 0.29) is 34.0 Å². The van der Waals surface area contributed by atoms with Crippen LogP contribution in [0.15, 0.2) is 54.0 Å². The summed E-state index contributed by atoms with van der Waals surface area (Å²) in [6.07, 6.45) is 4.41. The lowest BCUT2D eigenvalue weighted by molar-refractivity contribution is 0.0977. The third-order valence-electron chi connectivity index (χ3n) is 5.43. The van der Waals surface area contributed by atoms with Crippen LogP contribution in [0.25, 0.3) is 0 Å². The Kier molecular flexibility index (Phi) is 10.7. The van der Waals surface area contributed by atoms with E-state index in [0.29, 0.717) is 23.9 Å². The van der Waals surface area contributed by atoms with E-state index in [0.717, 1.165) is 12.6 Å². The summed E-state index contributed by atoms with van der Waals surface area (Å²) in [6, 6.07) is 3.66. The number of hydrogen-bond acceptors (Lipinski definition) is 9. The van der Waals surface area contributed by atoms with Crippen LogP contribution in [0.1, 0.15) is 36.8 Å². The number of aromatic nitrogens is 2. The second-order valence-electron chi connectivity index (χ2n) is 10.00. The second kappa shape index (κ2) is 13.5. The van der Waals surface area contributed by atoms with Crippen LogP contribution in [0.2, 0.25) is 0 Å². The third kappa shape index (κ3) is 8.88. The van der Waals surface area contributed by atoms with Crippen molar-refractivity contribution >= 4 is 34.9 Å². The number of methoxy groups -OCH3 is 1. The molecule has 0 aliphatic rings. The van der Waals surface area contributed by atoms with E-state index < -0.39 is 11.7 Å². The predicted molar refractivity (Wildman–Crippen MR) is 154 cm³/mol. The van der Waals surface area contributed by atoms with E-state index in [1.165, 1.54) is 31.5 Å². The molecule has 2 aromatic rings. The van der Waals surface area contributed by atoms with Crippen molar-refractivity contribution in [3.8, 4) is 0 Å². The van der Waals surface area contributed by atoms with Crippen molar-refractivity contribution in [3.05, 3.63) is 66.1 Å². The van der Waals surface area contributed by atoms with Gasteiger partial charge in [-0.25, -0.2) is 19.4 Å². The van der Waals surface area contributed by atoms with Crippen molar-refractivity contribution in [2.24, 2.45) is 16.1 Å². The van der Waals surface area contributed by atoms with Crippen molar-refractivity contribution in [2.45, 2.75) is 20.8 Å². The maximum absolute atomic E-state index is 14.7. The lowest BCUT2D eigenvalue weighted by Crippen LogP contribution is -2.30. The van der Waals surface area contributed by atoms with Crippen LogP contribution in [0, 0.1) is 16.6 Å². The highest BCUT2D eigenvalue weighted by atomic mass is 19.1. The minimum Gasteiger partial charge on any atom is -0.500 e. The minimum absolute atomic E-state index is 0.0899. The maximum Gasteiger partial charge on any atom is 0.256 e. The molecule has 0 atom stereocenters. The number of nitrogens with one attached hydrogen (secondary N) is 3. The molecule has 11 nitrogen and oxygen atoms in total. The average Bonchev–Trinajstić information content (AvgIpc) is 2.86. The average molecular weight is 540 g/mol. The van der Waals surface area contributed by atoms with Crippen LogP contribution in [-0.4, -0.2) is 73.8 Å². The molecular formula is C27H38FN9O2. The highest BCUT2D eigenvalue weighted by molar-refractivity contribution is 6.09. The van der Waals surface area contributed by atoms with E-state index in [9.17, 15) is 9.18 Å². The zero-order valence-electron chi connectivity index (χ0n) is 23.6. The Labute approximate surface area is 229 Å². The molecule has 0 bridgehead atoms. The standard InChI is InChI=1S/C27H38FN9O2/c1-9-31-20-16-32-26(37(7)13-12-36(5)6)35-23(20)24(30)33-19-14-17(10-11-18(19)28)25(38)34-22(29)15-21(39-8)27(2,3)4/h9-11,14-16,31H,1,12-13H2,2-8H3,(H2,30,33)(H2,29,34,38)/b21-15-. The fourth-order valence-electron chi connectivity index (χ4n) is 3.28. The highest BCUT2D eigenvalue weighted by Gasteiger charge is 2.20. The number of ether oxygens (including phenoxy) is 1. The van der Waals surface area contributed by atoms with Crippen molar-refractivity contribution in [3.63, 3.8) is 0 Å². The molecule has 0 saturated heterocycles. The lowest BCUT2D eigenvalue weighted by atomic mass is 9.93. The van der Waals surface area contributed by atoms with Gasteiger partial charge in [0, 0.05) is 37.2 Å². The number of carbonyl (C=O) groups is 1. The van der Waals surface area contributed by atoms with Gasteiger partial charge in [-0.2, -0.15) is 0 Å². The Bertz CT molecular complexity index is 1270. The summed E-state index contributed by atoms with van der Waals surface area (Å²) in [6.45, 7) is 10.9. The van der Waals surface area contributed by atoms with E-state index in [2.05, 4.69) is 32.2 Å². The Hall–Kier alpha value is -4.32. The van der Waals surface area contributed by atoms with Gasteiger partial charge < -0.3 is 30.9 Å². The van der Waals surface area contributed by atoms with Gasteiger partial charge in [0.2, 0.25) is 5.95 Å². The van der Waals surface area contributed by atoms with Crippen LogP contribution in [0.5, 0.6) is 0 Å². The highest BCUT2D eigenvalue weighted by Crippen LogP contribution is 2.25. The third-order valence-corrected chi connectivity index (χ3v) is 5.43. The smallest absolute Gasteiger partial charge is 0.256 e. The predicted octanol–water partition coefficient (Wildman–Crippen LogP) is 3.49. The number of carbonyl (C=O) groups excluding carboxylic acids is 1. The Balaban J connectivity index is 2.38. The number of halogens is 1. The summed E-state index contributed by atoms with van der Waals surface area (Å²) in [5.74, 6) is -0.638. The summed E-state index contributed by atoms with van der Waals surface area (Å²) in [5, 5.41) is 13.5. The van der Waals surface area contributed by atoms with Crippen LogP contribution < -0.4 is 21.3 Å². The number of hydrogen-bond donors (Lipinski definition) is 4. The Morgan fingerprint density at radius 2 is 1.97 bits per heavy atom. The molecule has 0 aliphatic carbocycles. The van der Waals surface area contributed by atoms with Crippen LogP contribution in [-0.2, 0) is 4.74 Å². The number of amides is 1. The van der Waals surface area contributed by atoms with Gasteiger partial charge in [0.05, 0.1) is 19.0 Å². The molecule has 0 fully saturated rings. The van der Waals surface area contributed by atoms with E-state index in [1.807, 2.05) is 51.7 Å². The number of aliphatic imine (C=N–C) groups is 1. The van der Waals surface area contributed by atoms with E-state index in [4.69, 9.17) is 15.9 Å². The van der Waals surface area contributed by atoms with Gasteiger partial charge in [-0.15, -0.1) is 0 Å². The molecular weight excluding hydrogens is 501 g/mol. The second-order valence-corrected chi connectivity index (χ2v) is 10.00. The number of allylic oxidation sites excluding steroid dienone is 1. The van der Waals surface area contributed by atoms with Crippen LogP contribution in [0.4, 0.5) is 21.7 Å². The summed E-state index contributed by atoms with van der Waals surface area (Å²) in [4.78, 5) is 29.8. The largest absolute Gasteiger partial charge is 0.500 e. The molecule has 0 unspecified atom stereocenters. The van der Waals surface area contributed by atoms with Crippen molar-refractivity contribution in [1.29, 1.82) is 5.41 Å². The minimum atomic E-state index is -0.686. The Morgan fingerprint density at radius 1 is 1.28 bits per heavy atom. The number of nitrogens with two attached hydrogens (primary N) is 1. The molecule has 39 heavy (non-hydrogen) atoms. The number of amidine groups is 2. The molecule has 12 heteroatoms. The van der Waals surface area contributed by atoms with Gasteiger partial charge in [0.15, 0.2) is 5.84 Å². The first kappa shape index (κ1) is 30.9. The number of anilines is 2. The van der Waals surface area contributed by atoms with E-state index >= 15 is 0 Å². The van der Waals surface area contributed by atoms with Gasteiger partial charge in [-0.1, -0.05) is 27.4 Å². The molecule has 0 aliphatic heterocycles. The number of likely N-dealkylation sites (N-methyl/N-ethyl adjacent to an activating group) is 2. The molecule has 0 radical (unpaired) electrons. The monoisotopic (exact) mass is 539 g/mol. The summed E-state index contributed by atoms with van der Waals surface area (Å²) >= 11 is 0. The summed E-state index contributed by atoms with van der Waals surface area (Å²) in [5.41, 5.74) is 6.51. The van der Waals surface area contributed by atoms with Crippen LogP contribution in [0.3, 0.4) is 0 Å². The van der Waals surface area contributed by atoms with E-state index in [1.54, 1.807) is 6.20 Å². The molecule has 1 aromatic carbocycles. The molecule has 210 valence electrons. The molecule has 0 saturated carbocycles. The lowest BCUT2D eigenvalue weighted by Gasteiger charge is -2.21. The van der Waals surface area contributed by atoms with Crippen molar-refractivity contribution in [2.75, 3.05) is 51.6 Å². The van der Waals surface area contributed by atoms with Gasteiger partial charge in [-0.3, -0.25) is 10.2 Å². The summed E-state index contributed by atoms with van der Waals surface area (Å²) < 4.78 is 20.0. The zero-order valence-corrected chi connectivity index (χ0v) is 23.6. The molecule has 1 amide bonds. The molecule has 5 N–H and O–H groups in total. The zero-order chi connectivity index (χ0) is 29.3. The van der Waals surface area contributed by atoms with Gasteiger partial charge >= 0.3 is 0 Å². The fraction of sp³-hybridized carbons (Fsp3) is 0.370. The van der Waals surface area contributed by atoms with Crippen LogP contribution >= 0.6 is 0 Å². The first-order chi connectivity index (χ1) is 18.3. The number of benzene rings is 1. The van der Waals surface area contributed by atoms with Crippen molar-refractivity contribution < 1.29 is 13.9 Å². The van der Waals surface area contributed by atoms with Gasteiger partial charge in [-0.05, 0) is 38.5 Å². The topological polar surface area (TPSA) is 145 Å². The summed E-state index contributed by atoms with van der Waals surface area (Å²) in [7, 11) is 7.28. The quantitative estimate of drug-likeness (QED) is 0.193. The molecule has 1 heterocycles. The fourth-order valence-corrected chi connectivity index (χ4v) is 3.28. The molecule has 2 rings (SSSR count). The normalized spacial score (nSPS) is 12.2. The molecule has 1 aromatic heterocycles. The Morgan fingerprint density at radius 3 is 2.56 bits per heavy atom. The first-order valence-corrected chi connectivity index (χ1v) is 12.2. The van der Waals surface area contributed by atoms with Gasteiger partial charge in [0.1, 0.15) is 28.8 Å².